The van der Waals surface area contributed by atoms with E-state index in [9.17, 15) is 0 Å². The number of unbranched alkanes of at least 4 members (excludes halogenated alkanes) is 1. The minimum absolute atomic E-state index is 0.598. The molecule has 3 nitrogen and oxygen atoms in total. The normalized spacial score (nSPS) is 10.1. The highest BCUT2D eigenvalue weighted by molar-refractivity contribution is 6.12. The topological polar surface area (TPSA) is 47.6 Å². The predicted molar refractivity (Wildman–Crippen MR) is 82.8 cm³/mol. The first-order valence-electron chi connectivity index (χ1n) is 6.92. The van der Waals surface area contributed by atoms with Gasteiger partial charge in [-0.2, -0.15) is 0 Å². The molecule has 0 aliphatic rings. The summed E-state index contributed by atoms with van der Waals surface area (Å²) in [5.41, 5.74) is 8.43. The molecule has 0 aliphatic heterocycles. The molecule has 0 saturated carbocycles. The lowest BCUT2D eigenvalue weighted by molar-refractivity contribution is 0.141. The Kier molecular flexibility index (Phi) is 5.80. The Balaban J connectivity index is 2.15. The third-order valence-corrected chi connectivity index (χ3v) is 2.94. The standard InChI is InChI=1S/C17H20N2O/c18-13-7-8-14-20-19-17(15-9-3-1-4-10-15)16-11-5-2-6-12-16/h1-6,9-12H,7-8,13-14,18H2. The molecule has 2 aromatic carbocycles. The average Bonchev–Trinajstić information content (AvgIpc) is 2.53. The number of nitrogens with two attached hydrogens (primary N) is 1. The lowest BCUT2D eigenvalue weighted by Gasteiger charge is -2.07. The van der Waals surface area contributed by atoms with E-state index in [1.54, 1.807) is 0 Å². The van der Waals surface area contributed by atoms with Crippen molar-refractivity contribution in [2.75, 3.05) is 13.2 Å². The largest absolute Gasteiger partial charge is 0.395 e. The van der Waals surface area contributed by atoms with Crippen LogP contribution in [-0.4, -0.2) is 18.9 Å². The van der Waals surface area contributed by atoms with Crippen LogP contribution in [0, 0.1) is 0 Å². The molecule has 2 N–H and O–H groups in total. The molecule has 0 heterocycles. The molecule has 0 atom stereocenters. The number of oxime groups is 1. The summed E-state index contributed by atoms with van der Waals surface area (Å²) in [6, 6.07) is 20.1. The summed E-state index contributed by atoms with van der Waals surface area (Å²) in [6.07, 6.45) is 1.89. The molecule has 0 aliphatic carbocycles. The molecule has 2 rings (SSSR count). The van der Waals surface area contributed by atoms with Gasteiger partial charge in [0, 0.05) is 11.1 Å². The molecule has 2 aromatic rings. The van der Waals surface area contributed by atoms with Crippen LogP contribution in [-0.2, 0) is 4.84 Å². The molecule has 3 heteroatoms. The fourth-order valence-corrected chi connectivity index (χ4v) is 1.89. The molecule has 0 fully saturated rings. The maximum Gasteiger partial charge on any atom is 0.117 e. The summed E-state index contributed by atoms with van der Waals surface area (Å²) >= 11 is 0. The summed E-state index contributed by atoms with van der Waals surface area (Å²) in [5.74, 6) is 0. The average molecular weight is 268 g/mol. The number of hydrogen-bond acceptors (Lipinski definition) is 3. The van der Waals surface area contributed by atoms with Crippen molar-refractivity contribution in [1.29, 1.82) is 0 Å². The second-order valence-electron chi connectivity index (χ2n) is 4.50. The van der Waals surface area contributed by atoms with Crippen molar-refractivity contribution in [2.45, 2.75) is 12.8 Å². The fraction of sp³-hybridized carbons (Fsp3) is 0.235. The van der Waals surface area contributed by atoms with E-state index in [1.807, 2.05) is 60.7 Å². The Morgan fingerprint density at radius 1 is 0.850 bits per heavy atom. The highest BCUT2D eigenvalue weighted by Gasteiger charge is 2.06. The van der Waals surface area contributed by atoms with Gasteiger partial charge < -0.3 is 10.6 Å². The molecule has 0 aromatic heterocycles. The number of rotatable bonds is 7. The molecule has 0 saturated heterocycles. The van der Waals surface area contributed by atoms with E-state index in [2.05, 4.69) is 5.16 Å². The zero-order valence-corrected chi connectivity index (χ0v) is 11.5. The summed E-state index contributed by atoms with van der Waals surface area (Å²) in [5, 5.41) is 4.31. The third kappa shape index (κ3) is 4.21. The summed E-state index contributed by atoms with van der Waals surface area (Å²) in [4.78, 5) is 5.44. The maximum atomic E-state index is 5.46. The van der Waals surface area contributed by atoms with Gasteiger partial charge in [0.1, 0.15) is 12.3 Å². The highest BCUT2D eigenvalue weighted by Crippen LogP contribution is 2.11. The molecule has 0 spiro atoms. The molecular weight excluding hydrogens is 248 g/mol. The van der Waals surface area contributed by atoms with Gasteiger partial charge in [-0.1, -0.05) is 65.8 Å². The lowest BCUT2D eigenvalue weighted by atomic mass is 10.0. The lowest BCUT2D eigenvalue weighted by Crippen LogP contribution is -2.05. The molecule has 0 bridgehead atoms. The van der Waals surface area contributed by atoms with Crippen molar-refractivity contribution in [2.24, 2.45) is 10.9 Å². The van der Waals surface area contributed by atoms with Crippen molar-refractivity contribution < 1.29 is 4.84 Å². The number of hydrogen-bond donors (Lipinski definition) is 1. The van der Waals surface area contributed by atoms with Gasteiger partial charge in [0.15, 0.2) is 0 Å². The molecule has 0 amide bonds. The van der Waals surface area contributed by atoms with E-state index in [1.165, 1.54) is 0 Å². The summed E-state index contributed by atoms with van der Waals surface area (Å²) < 4.78 is 0. The van der Waals surface area contributed by atoms with E-state index in [-0.39, 0.29) is 0 Å². The Morgan fingerprint density at radius 3 is 1.90 bits per heavy atom. The fourth-order valence-electron chi connectivity index (χ4n) is 1.89. The monoisotopic (exact) mass is 268 g/mol. The smallest absolute Gasteiger partial charge is 0.117 e. The van der Waals surface area contributed by atoms with Crippen LogP contribution in [0.5, 0.6) is 0 Å². The van der Waals surface area contributed by atoms with Gasteiger partial charge in [-0.25, -0.2) is 0 Å². The molecule has 0 unspecified atom stereocenters. The van der Waals surface area contributed by atoms with Crippen LogP contribution in [0.2, 0.25) is 0 Å². The van der Waals surface area contributed by atoms with Crippen molar-refractivity contribution in [3.05, 3.63) is 71.8 Å². The summed E-state index contributed by atoms with van der Waals surface area (Å²) in [7, 11) is 0. The second-order valence-corrected chi connectivity index (χ2v) is 4.50. The Labute approximate surface area is 120 Å². The van der Waals surface area contributed by atoms with E-state index in [0.717, 1.165) is 29.7 Å². The van der Waals surface area contributed by atoms with Gasteiger partial charge in [0.05, 0.1) is 0 Å². The van der Waals surface area contributed by atoms with Crippen LogP contribution < -0.4 is 5.73 Å². The van der Waals surface area contributed by atoms with Gasteiger partial charge in [-0.15, -0.1) is 0 Å². The van der Waals surface area contributed by atoms with Crippen LogP contribution in [0.25, 0.3) is 0 Å². The van der Waals surface area contributed by atoms with Gasteiger partial charge in [-0.05, 0) is 19.4 Å². The highest BCUT2D eigenvalue weighted by atomic mass is 16.6. The van der Waals surface area contributed by atoms with Gasteiger partial charge in [0.2, 0.25) is 0 Å². The Morgan fingerprint density at radius 2 is 1.40 bits per heavy atom. The zero-order valence-electron chi connectivity index (χ0n) is 11.5. The molecule has 104 valence electrons. The van der Waals surface area contributed by atoms with E-state index >= 15 is 0 Å². The van der Waals surface area contributed by atoms with Crippen LogP contribution in [0.15, 0.2) is 65.8 Å². The summed E-state index contributed by atoms with van der Waals surface area (Å²) in [6.45, 7) is 1.29. The molecule has 0 radical (unpaired) electrons. The quantitative estimate of drug-likeness (QED) is 0.476. The van der Waals surface area contributed by atoms with Crippen LogP contribution in [0.3, 0.4) is 0 Å². The van der Waals surface area contributed by atoms with Crippen LogP contribution in [0.1, 0.15) is 24.0 Å². The van der Waals surface area contributed by atoms with Crippen molar-refractivity contribution in [1.82, 2.24) is 0 Å². The maximum absolute atomic E-state index is 5.46. The van der Waals surface area contributed by atoms with Gasteiger partial charge >= 0.3 is 0 Å². The van der Waals surface area contributed by atoms with E-state index in [4.69, 9.17) is 10.6 Å². The van der Waals surface area contributed by atoms with Crippen molar-refractivity contribution >= 4 is 5.71 Å². The van der Waals surface area contributed by atoms with Gasteiger partial charge in [0.25, 0.3) is 0 Å². The van der Waals surface area contributed by atoms with E-state index in [0.29, 0.717) is 13.2 Å². The van der Waals surface area contributed by atoms with Crippen molar-refractivity contribution in [3.63, 3.8) is 0 Å². The van der Waals surface area contributed by atoms with E-state index < -0.39 is 0 Å². The minimum Gasteiger partial charge on any atom is -0.395 e. The zero-order chi connectivity index (χ0) is 14.0. The minimum atomic E-state index is 0.598. The third-order valence-electron chi connectivity index (χ3n) is 2.94. The molecular formula is C17H20N2O. The van der Waals surface area contributed by atoms with Gasteiger partial charge in [-0.3, -0.25) is 0 Å². The Bertz CT molecular complexity index is 482. The Hall–Kier alpha value is -2.13. The van der Waals surface area contributed by atoms with Crippen LogP contribution >= 0.6 is 0 Å². The first-order chi connectivity index (χ1) is 9.92. The SMILES string of the molecule is NCCCCON=C(c1ccccc1)c1ccccc1. The first-order valence-corrected chi connectivity index (χ1v) is 6.92. The molecule has 20 heavy (non-hydrogen) atoms. The van der Waals surface area contributed by atoms with Crippen LogP contribution in [0.4, 0.5) is 0 Å². The predicted octanol–water partition coefficient (Wildman–Crippen LogP) is 3.19. The first kappa shape index (κ1) is 14.3. The van der Waals surface area contributed by atoms with Crippen molar-refractivity contribution in [3.8, 4) is 0 Å². The second kappa shape index (κ2) is 8.12. The number of benzene rings is 2. The number of nitrogens with zero attached hydrogens (tertiary/aromatic N) is 1.